The van der Waals surface area contributed by atoms with Crippen molar-refractivity contribution in [2.24, 2.45) is 5.92 Å². The van der Waals surface area contributed by atoms with Crippen molar-refractivity contribution < 1.29 is 4.79 Å². The third kappa shape index (κ3) is 7.44. The van der Waals surface area contributed by atoms with Crippen molar-refractivity contribution in [1.82, 2.24) is 15.1 Å². The predicted octanol–water partition coefficient (Wildman–Crippen LogP) is 2.44. The lowest BCUT2D eigenvalue weighted by atomic mass is 9.87. The summed E-state index contributed by atoms with van der Waals surface area (Å²) in [6.07, 6.45) is 4.91. The number of hydrogen-bond acceptors (Lipinski definition) is 4. The highest BCUT2D eigenvalue weighted by molar-refractivity contribution is 7.99. The molecule has 0 aromatic heterocycles. The van der Waals surface area contributed by atoms with Gasteiger partial charge in [-0.05, 0) is 24.0 Å². The zero-order valence-electron chi connectivity index (χ0n) is 15.2. The minimum Gasteiger partial charge on any atom is -0.352 e. The van der Waals surface area contributed by atoms with Crippen molar-refractivity contribution >= 4 is 17.7 Å². The maximum absolute atomic E-state index is 12.2. The monoisotopic (exact) mass is 341 g/mol. The number of carbonyl (C=O) groups excluding carboxylic acids is 1. The van der Waals surface area contributed by atoms with Crippen LogP contribution in [0.15, 0.2) is 0 Å². The molecule has 1 aliphatic heterocycles. The Morgan fingerprint density at radius 1 is 1.17 bits per heavy atom. The zero-order chi connectivity index (χ0) is 16.7. The van der Waals surface area contributed by atoms with Crippen LogP contribution in [0.5, 0.6) is 0 Å². The summed E-state index contributed by atoms with van der Waals surface area (Å²) in [6, 6.07) is 0.417. The van der Waals surface area contributed by atoms with E-state index in [1.54, 1.807) is 0 Å². The number of thioether (sulfide) groups is 1. The number of hydrogen-bond donors (Lipinski definition) is 1. The minimum atomic E-state index is 0.230. The van der Waals surface area contributed by atoms with E-state index >= 15 is 0 Å². The Bertz CT molecular complexity index is 356. The fourth-order valence-electron chi connectivity index (χ4n) is 3.63. The van der Waals surface area contributed by atoms with Crippen LogP contribution in [0.4, 0.5) is 0 Å². The van der Waals surface area contributed by atoms with Gasteiger partial charge in [-0.2, -0.15) is 11.8 Å². The number of nitrogens with one attached hydrogen (secondary N) is 1. The number of rotatable bonds is 7. The standard InChI is InChI=1S/C18H35N3OS/c1-15(2)23-12-11-20-7-9-21(10-8-20)14-18(22)19-17-6-4-5-16(3)13-17/h15-17H,4-14H2,1-3H3,(H,19,22)/t16-,17-/m1/s1. The molecule has 5 heteroatoms. The van der Waals surface area contributed by atoms with Gasteiger partial charge in [0, 0.05) is 44.5 Å². The van der Waals surface area contributed by atoms with Crippen LogP contribution in [0.2, 0.25) is 0 Å². The maximum Gasteiger partial charge on any atom is 0.234 e. The fraction of sp³-hybridized carbons (Fsp3) is 0.944. The molecule has 1 heterocycles. The van der Waals surface area contributed by atoms with Gasteiger partial charge in [0.1, 0.15) is 0 Å². The third-order valence-electron chi connectivity index (χ3n) is 4.99. The molecule has 0 radical (unpaired) electrons. The molecule has 4 nitrogen and oxygen atoms in total. The lowest BCUT2D eigenvalue weighted by molar-refractivity contribution is -0.123. The summed E-state index contributed by atoms with van der Waals surface area (Å²) in [5.74, 6) is 2.21. The summed E-state index contributed by atoms with van der Waals surface area (Å²) in [5.41, 5.74) is 0. The molecule has 1 saturated heterocycles. The normalized spacial score (nSPS) is 27.3. The van der Waals surface area contributed by atoms with Crippen molar-refractivity contribution in [2.45, 2.75) is 57.7 Å². The van der Waals surface area contributed by atoms with E-state index in [9.17, 15) is 4.79 Å². The lowest BCUT2D eigenvalue weighted by Gasteiger charge is -2.35. The number of piperazine rings is 1. The Labute approximate surface area is 146 Å². The first-order chi connectivity index (χ1) is 11.0. The van der Waals surface area contributed by atoms with Gasteiger partial charge in [-0.1, -0.05) is 33.6 Å². The van der Waals surface area contributed by atoms with Crippen molar-refractivity contribution in [3.8, 4) is 0 Å². The van der Waals surface area contributed by atoms with Gasteiger partial charge in [0.25, 0.3) is 0 Å². The smallest absolute Gasteiger partial charge is 0.234 e. The number of amides is 1. The van der Waals surface area contributed by atoms with Gasteiger partial charge in [-0.15, -0.1) is 0 Å². The van der Waals surface area contributed by atoms with Crippen molar-refractivity contribution in [3.63, 3.8) is 0 Å². The van der Waals surface area contributed by atoms with Crippen LogP contribution in [0.1, 0.15) is 46.5 Å². The molecular formula is C18H35N3OS. The molecule has 1 N–H and O–H groups in total. The van der Waals surface area contributed by atoms with Gasteiger partial charge in [0.05, 0.1) is 6.54 Å². The second-order valence-corrected chi connectivity index (χ2v) is 9.26. The van der Waals surface area contributed by atoms with Gasteiger partial charge in [-0.25, -0.2) is 0 Å². The molecular weight excluding hydrogens is 306 g/mol. The zero-order valence-corrected chi connectivity index (χ0v) is 16.0. The van der Waals surface area contributed by atoms with E-state index in [1.165, 1.54) is 25.1 Å². The Hall–Kier alpha value is -0.260. The molecule has 2 rings (SSSR count). The van der Waals surface area contributed by atoms with E-state index in [4.69, 9.17) is 0 Å². The second kappa shape index (κ2) is 9.90. The van der Waals surface area contributed by atoms with Gasteiger partial charge in [0.2, 0.25) is 5.91 Å². The molecule has 0 aromatic carbocycles. The second-order valence-electron chi connectivity index (χ2n) is 7.57. The molecule has 1 saturated carbocycles. The SMILES string of the molecule is CC(C)SCCN1CCN(CC(=O)N[C@@H]2CCC[C@@H](C)C2)CC1. The molecule has 2 aliphatic rings. The first-order valence-electron chi connectivity index (χ1n) is 9.38. The molecule has 134 valence electrons. The van der Waals surface area contributed by atoms with E-state index in [-0.39, 0.29) is 5.91 Å². The molecule has 23 heavy (non-hydrogen) atoms. The molecule has 0 aromatic rings. The van der Waals surface area contributed by atoms with Gasteiger partial charge < -0.3 is 5.32 Å². The molecule has 1 aliphatic carbocycles. The molecule has 0 spiro atoms. The van der Waals surface area contributed by atoms with Crippen LogP contribution in [-0.2, 0) is 4.79 Å². The van der Waals surface area contributed by atoms with Crippen LogP contribution < -0.4 is 5.32 Å². The first kappa shape index (κ1) is 19.1. The molecule has 0 bridgehead atoms. The van der Waals surface area contributed by atoms with Gasteiger partial charge >= 0.3 is 0 Å². The maximum atomic E-state index is 12.2. The highest BCUT2D eigenvalue weighted by Crippen LogP contribution is 2.23. The van der Waals surface area contributed by atoms with E-state index < -0.39 is 0 Å². The van der Waals surface area contributed by atoms with Crippen molar-refractivity contribution in [2.75, 3.05) is 45.0 Å². The Morgan fingerprint density at radius 2 is 1.87 bits per heavy atom. The van der Waals surface area contributed by atoms with Crippen molar-refractivity contribution in [1.29, 1.82) is 0 Å². The summed E-state index contributed by atoms with van der Waals surface area (Å²) in [4.78, 5) is 17.1. The van der Waals surface area contributed by atoms with Gasteiger partial charge in [-0.3, -0.25) is 14.6 Å². The Kier molecular flexibility index (Phi) is 8.21. The largest absolute Gasteiger partial charge is 0.352 e. The van der Waals surface area contributed by atoms with Crippen LogP contribution in [0.25, 0.3) is 0 Å². The van der Waals surface area contributed by atoms with E-state index in [0.29, 0.717) is 12.6 Å². The topological polar surface area (TPSA) is 35.6 Å². The highest BCUT2D eigenvalue weighted by atomic mass is 32.2. The quantitative estimate of drug-likeness (QED) is 0.771. The van der Waals surface area contributed by atoms with Crippen LogP contribution >= 0.6 is 11.8 Å². The van der Waals surface area contributed by atoms with E-state index in [0.717, 1.165) is 50.2 Å². The lowest BCUT2D eigenvalue weighted by Crippen LogP contribution is -2.51. The van der Waals surface area contributed by atoms with Crippen LogP contribution in [0, 0.1) is 5.92 Å². The van der Waals surface area contributed by atoms with Crippen LogP contribution in [0.3, 0.4) is 0 Å². The average Bonchev–Trinajstić information content (AvgIpc) is 2.48. The van der Waals surface area contributed by atoms with E-state index in [1.807, 2.05) is 11.8 Å². The highest BCUT2D eigenvalue weighted by Gasteiger charge is 2.23. The first-order valence-corrected chi connectivity index (χ1v) is 10.4. The average molecular weight is 342 g/mol. The predicted molar refractivity (Wildman–Crippen MR) is 100 cm³/mol. The minimum absolute atomic E-state index is 0.230. The summed E-state index contributed by atoms with van der Waals surface area (Å²) in [6.45, 7) is 12.8. The number of nitrogens with zero attached hydrogens (tertiary/aromatic N) is 2. The van der Waals surface area contributed by atoms with E-state index in [2.05, 4.69) is 35.9 Å². The number of carbonyl (C=O) groups is 1. The molecule has 2 fully saturated rings. The molecule has 1 amide bonds. The summed E-state index contributed by atoms with van der Waals surface area (Å²) in [5, 5.41) is 3.98. The fourth-order valence-corrected chi connectivity index (χ4v) is 4.47. The summed E-state index contributed by atoms with van der Waals surface area (Å²) in [7, 11) is 0. The molecule has 2 atom stereocenters. The van der Waals surface area contributed by atoms with Gasteiger partial charge in [0.15, 0.2) is 0 Å². The summed E-state index contributed by atoms with van der Waals surface area (Å²) >= 11 is 2.04. The van der Waals surface area contributed by atoms with Crippen molar-refractivity contribution in [3.05, 3.63) is 0 Å². The summed E-state index contributed by atoms with van der Waals surface area (Å²) < 4.78 is 0. The van der Waals surface area contributed by atoms with Crippen LogP contribution in [-0.4, -0.2) is 72.0 Å². The third-order valence-corrected chi connectivity index (χ3v) is 6.08. The Morgan fingerprint density at radius 3 is 2.52 bits per heavy atom. The Balaban J connectivity index is 1.59. The molecule has 0 unspecified atom stereocenters.